The summed E-state index contributed by atoms with van der Waals surface area (Å²) in [6.07, 6.45) is 5.38. The SMILES string of the molecule is C/C=N\C(=C(/C)Cl)c1cc(C)nc2c(OCc3c(Cl)cncc3CNC(=O)CC)cccc12. The van der Waals surface area contributed by atoms with Crippen LogP contribution in [0.25, 0.3) is 16.6 Å². The van der Waals surface area contributed by atoms with Gasteiger partial charge in [-0.3, -0.25) is 14.8 Å². The Balaban J connectivity index is 1.99. The van der Waals surface area contributed by atoms with Gasteiger partial charge >= 0.3 is 0 Å². The van der Waals surface area contributed by atoms with Gasteiger partial charge in [0.25, 0.3) is 0 Å². The van der Waals surface area contributed by atoms with Crippen LogP contribution < -0.4 is 10.1 Å². The predicted octanol–water partition coefficient (Wildman–Crippen LogP) is 6.21. The summed E-state index contributed by atoms with van der Waals surface area (Å²) in [6, 6.07) is 7.71. The number of carbonyl (C=O) groups excluding carboxylic acids is 1. The molecule has 0 radical (unpaired) electrons. The summed E-state index contributed by atoms with van der Waals surface area (Å²) in [5.74, 6) is 0.567. The third kappa shape index (κ3) is 5.89. The zero-order chi connectivity index (χ0) is 24.0. The van der Waals surface area contributed by atoms with E-state index < -0.39 is 0 Å². The number of nitrogens with zero attached hydrogens (tertiary/aromatic N) is 3. The molecule has 0 unspecified atom stereocenters. The van der Waals surface area contributed by atoms with E-state index in [1.807, 2.05) is 45.0 Å². The number of ether oxygens (including phenoxy) is 1. The van der Waals surface area contributed by atoms with E-state index in [1.165, 1.54) is 0 Å². The minimum absolute atomic E-state index is 0.0451. The fourth-order valence-corrected chi connectivity index (χ4v) is 3.80. The van der Waals surface area contributed by atoms with Gasteiger partial charge in [0.15, 0.2) is 0 Å². The highest BCUT2D eigenvalue weighted by Gasteiger charge is 2.15. The lowest BCUT2D eigenvalue weighted by atomic mass is 10.0. The van der Waals surface area contributed by atoms with Crippen molar-refractivity contribution >= 4 is 51.9 Å². The molecule has 3 rings (SSSR count). The maximum Gasteiger partial charge on any atom is 0.219 e. The van der Waals surface area contributed by atoms with Crippen molar-refractivity contribution in [2.45, 2.75) is 47.3 Å². The van der Waals surface area contributed by atoms with E-state index in [2.05, 4.69) is 15.3 Å². The van der Waals surface area contributed by atoms with E-state index in [4.69, 9.17) is 32.9 Å². The Morgan fingerprint density at radius 3 is 2.79 bits per heavy atom. The van der Waals surface area contributed by atoms with Gasteiger partial charge in [-0.05, 0) is 38.5 Å². The number of aliphatic imine (C=N–C) groups is 1. The second-order valence-electron chi connectivity index (χ2n) is 7.41. The van der Waals surface area contributed by atoms with Crippen molar-refractivity contribution in [3.63, 3.8) is 0 Å². The maximum atomic E-state index is 11.7. The second kappa shape index (κ2) is 11.3. The predicted molar refractivity (Wildman–Crippen MR) is 135 cm³/mol. The van der Waals surface area contributed by atoms with Crippen LogP contribution in [0.1, 0.15) is 49.6 Å². The molecule has 0 saturated carbocycles. The number of aryl methyl sites for hydroxylation is 1. The summed E-state index contributed by atoms with van der Waals surface area (Å²) in [5, 5.41) is 4.81. The minimum Gasteiger partial charge on any atom is -0.487 e. The third-order valence-electron chi connectivity index (χ3n) is 5.03. The Hall–Kier alpha value is -2.96. The molecule has 172 valence electrons. The van der Waals surface area contributed by atoms with Gasteiger partial charge in [-0.25, -0.2) is 4.98 Å². The van der Waals surface area contributed by atoms with Crippen molar-refractivity contribution < 1.29 is 9.53 Å². The molecule has 3 aromatic rings. The number of hydrogen-bond donors (Lipinski definition) is 1. The average Bonchev–Trinajstić information content (AvgIpc) is 2.79. The number of carbonyl (C=O) groups is 1. The van der Waals surface area contributed by atoms with E-state index in [-0.39, 0.29) is 12.5 Å². The first-order valence-corrected chi connectivity index (χ1v) is 11.4. The zero-order valence-electron chi connectivity index (χ0n) is 19.1. The average molecular weight is 485 g/mol. The van der Waals surface area contributed by atoms with Gasteiger partial charge < -0.3 is 10.1 Å². The van der Waals surface area contributed by atoms with E-state index in [1.54, 1.807) is 25.5 Å². The van der Waals surface area contributed by atoms with Crippen LogP contribution in [0, 0.1) is 6.92 Å². The first-order valence-electron chi connectivity index (χ1n) is 10.6. The first-order chi connectivity index (χ1) is 15.8. The van der Waals surface area contributed by atoms with Crippen LogP contribution in [-0.2, 0) is 17.9 Å². The number of halogens is 2. The van der Waals surface area contributed by atoms with Gasteiger partial charge in [-0.2, -0.15) is 0 Å². The topological polar surface area (TPSA) is 76.5 Å². The number of aromatic nitrogens is 2. The lowest BCUT2D eigenvalue weighted by molar-refractivity contribution is -0.120. The third-order valence-corrected chi connectivity index (χ3v) is 5.54. The Morgan fingerprint density at radius 1 is 1.30 bits per heavy atom. The molecule has 0 bridgehead atoms. The molecule has 1 N–H and O–H groups in total. The smallest absolute Gasteiger partial charge is 0.219 e. The van der Waals surface area contributed by atoms with Crippen LogP contribution in [0.2, 0.25) is 5.02 Å². The highest BCUT2D eigenvalue weighted by molar-refractivity contribution is 6.32. The summed E-state index contributed by atoms with van der Waals surface area (Å²) in [4.78, 5) is 25.0. The number of benzene rings is 1. The van der Waals surface area contributed by atoms with Crippen molar-refractivity contribution in [2.24, 2.45) is 4.99 Å². The standard InChI is InChI=1S/C25H26Cl2N4O2/c1-5-23(32)30-12-17-11-28-13-21(27)20(17)14-33-22-9-7-8-18-19(10-15(3)31-25(18)22)24(16(4)26)29-6-2/h6-11,13H,5,12,14H2,1-4H3,(H,30,32)/b24-16+,29-6-. The molecule has 0 fully saturated rings. The van der Waals surface area contributed by atoms with Gasteiger partial charge in [-0.15, -0.1) is 0 Å². The Kier molecular flexibility index (Phi) is 8.42. The van der Waals surface area contributed by atoms with Crippen LogP contribution in [0.15, 0.2) is 46.7 Å². The van der Waals surface area contributed by atoms with Crippen LogP contribution in [0.4, 0.5) is 0 Å². The van der Waals surface area contributed by atoms with Crippen LogP contribution in [0.3, 0.4) is 0 Å². The summed E-state index contributed by atoms with van der Waals surface area (Å²) in [5.41, 5.74) is 4.67. The number of allylic oxidation sites excluding steroid dienone is 1. The van der Waals surface area contributed by atoms with Gasteiger partial charge in [-0.1, -0.05) is 42.3 Å². The van der Waals surface area contributed by atoms with E-state index in [9.17, 15) is 4.79 Å². The van der Waals surface area contributed by atoms with E-state index in [0.29, 0.717) is 40.0 Å². The van der Waals surface area contributed by atoms with Crippen LogP contribution in [0.5, 0.6) is 5.75 Å². The summed E-state index contributed by atoms with van der Waals surface area (Å²) in [6.45, 7) is 7.92. The molecule has 1 aromatic carbocycles. The van der Waals surface area contributed by atoms with Crippen molar-refractivity contribution in [2.75, 3.05) is 0 Å². The number of pyridine rings is 2. The lowest BCUT2D eigenvalue weighted by Crippen LogP contribution is -2.22. The van der Waals surface area contributed by atoms with Crippen molar-refractivity contribution in [3.8, 4) is 5.75 Å². The maximum absolute atomic E-state index is 11.7. The number of rotatable bonds is 8. The molecule has 33 heavy (non-hydrogen) atoms. The van der Waals surface area contributed by atoms with Gasteiger partial charge in [0.1, 0.15) is 17.9 Å². The largest absolute Gasteiger partial charge is 0.487 e. The fourth-order valence-electron chi connectivity index (χ4n) is 3.42. The number of para-hydroxylation sites is 1. The molecule has 0 spiro atoms. The molecule has 8 heteroatoms. The van der Waals surface area contributed by atoms with Crippen molar-refractivity contribution in [1.29, 1.82) is 0 Å². The highest BCUT2D eigenvalue weighted by Crippen LogP contribution is 2.34. The van der Waals surface area contributed by atoms with Crippen molar-refractivity contribution in [1.82, 2.24) is 15.3 Å². The Morgan fingerprint density at radius 2 is 2.09 bits per heavy atom. The molecule has 0 aliphatic carbocycles. The highest BCUT2D eigenvalue weighted by atomic mass is 35.5. The zero-order valence-corrected chi connectivity index (χ0v) is 20.6. The van der Waals surface area contributed by atoms with Gasteiger partial charge in [0, 0.05) is 58.8 Å². The Labute approximate surface area is 203 Å². The fraction of sp³-hybridized carbons (Fsp3) is 0.280. The molecule has 0 aliphatic heterocycles. The van der Waals surface area contributed by atoms with Crippen LogP contribution in [-0.4, -0.2) is 22.1 Å². The van der Waals surface area contributed by atoms with Gasteiger partial charge in [0.05, 0.1) is 10.7 Å². The molecule has 1 amide bonds. The molecule has 2 aromatic heterocycles. The molecular formula is C25H26Cl2N4O2. The normalized spacial score (nSPS) is 12.2. The molecule has 0 atom stereocenters. The first kappa shape index (κ1) is 24.7. The molecular weight excluding hydrogens is 459 g/mol. The number of hydrogen-bond acceptors (Lipinski definition) is 5. The molecule has 0 saturated heterocycles. The molecule has 0 aliphatic rings. The van der Waals surface area contributed by atoms with Gasteiger partial charge in [0.2, 0.25) is 5.91 Å². The monoisotopic (exact) mass is 484 g/mol. The number of amides is 1. The molecule has 2 heterocycles. The van der Waals surface area contributed by atoms with E-state index >= 15 is 0 Å². The molecule has 6 nitrogen and oxygen atoms in total. The van der Waals surface area contributed by atoms with E-state index in [0.717, 1.165) is 27.8 Å². The Bertz CT molecular complexity index is 1230. The number of nitrogens with one attached hydrogen (secondary N) is 1. The summed E-state index contributed by atoms with van der Waals surface area (Å²) >= 11 is 12.8. The van der Waals surface area contributed by atoms with Crippen LogP contribution >= 0.6 is 23.2 Å². The summed E-state index contributed by atoms with van der Waals surface area (Å²) in [7, 11) is 0. The second-order valence-corrected chi connectivity index (χ2v) is 8.38. The van der Waals surface area contributed by atoms with Crippen molar-refractivity contribution in [3.05, 3.63) is 69.1 Å². The minimum atomic E-state index is -0.0451. The lowest BCUT2D eigenvalue weighted by Gasteiger charge is -2.15. The quantitative estimate of drug-likeness (QED) is 0.385. The number of fused-ring (bicyclic) bond motifs is 1. The summed E-state index contributed by atoms with van der Waals surface area (Å²) < 4.78 is 6.20.